The number of amides is 1. The van der Waals surface area contributed by atoms with Gasteiger partial charge in [0, 0.05) is 51.0 Å². The number of hydrogen-bond acceptors (Lipinski definition) is 5. The van der Waals surface area contributed by atoms with Crippen LogP contribution in [-0.2, 0) is 4.74 Å². The third-order valence-electron chi connectivity index (χ3n) is 4.82. The summed E-state index contributed by atoms with van der Waals surface area (Å²) in [6.07, 6.45) is -0.231. The molecule has 2 fully saturated rings. The van der Waals surface area contributed by atoms with Gasteiger partial charge in [0.05, 0.1) is 5.56 Å². The Morgan fingerprint density at radius 3 is 2.12 bits per heavy atom. The summed E-state index contributed by atoms with van der Waals surface area (Å²) in [6.45, 7) is 10.6. The van der Waals surface area contributed by atoms with Gasteiger partial charge >= 0.3 is 12.1 Å². The maximum Gasteiger partial charge on any atom is 0.410 e. The maximum absolute atomic E-state index is 12.1. The number of carboxylic acid groups (broad SMARTS) is 1. The Labute approximate surface area is 154 Å². The van der Waals surface area contributed by atoms with Crippen LogP contribution in [0.1, 0.15) is 31.1 Å². The third-order valence-corrected chi connectivity index (χ3v) is 4.82. The van der Waals surface area contributed by atoms with Crippen molar-refractivity contribution in [3.05, 3.63) is 29.8 Å². The molecular formula is C19H27N3O4. The summed E-state index contributed by atoms with van der Waals surface area (Å²) in [7, 11) is 0. The van der Waals surface area contributed by atoms with E-state index in [1.807, 2.05) is 32.9 Å². The molecule has 0 saturated carbocycles. The number of anilines is 1. The van der Waals surface area contributed by atoms with Crippen LogP contribution in [0.3, 0.4) is 0 Å². The first-order valence-electron chi connectivity index (χ1n) is 9.03. The summed E-state index contributed by atoms with van der Waals surface area (Å²) in [5, 5.41) is 8.96. The molecule has 7 heteroatoms. The van der Waals surface area contributed by atoms with E-state index in [0.29, 0.717) is 24.7 Å². The molecule has 1 amide bonds. The lowest BCUT2D eigenvalue weighted by Gasteiger charge is -2.49. The topological polar surface area (TPSA) is 73.3 Å². The van der Waals surface area contributed by atoms with Crippen molar-refractivity contribution in [2.24, 2.45) is 0 Å². The first-order chi connectivity index (χ1) is 12.2. The molecule has 0 unspecified atom stereocenters. The van der Waals surface area contributed by atoms with Crippen molar-refractivity contribution in [2.75, 3.05) is 44.2 Å². The molecule has 1 aromatic carbocycles. The van der Waals surface area contributed by atoms with Crippen LogP contribution in [0.15, 0.2) is 24.3 Å². The van der Waals surface area contributed by atoms with E-state index in [4.69, 9.17) is 9.84 Å². The van der Waals surface area contributed by atoms with Gasteiger partial charge in [-0.1, -0.05) is 0 Å². The van der Waals surface area contributed by atoms with E-state index < -0.39 is 11.6 Å². The van der Waals surface area contributed by atoms with Crippen LogP contribution in [0.25, 0.3) is 0 Å². The smallest absolute Gasteiger partial charge is 0.410 e. The van der Waals surface area contributed by atoms with Crippen LogP contribution in [0.5, 0.6) is 0 Å². The highest BCUT2D eigenvalue weighted by Crippen LogP contribution is 2.25. The molecule has 2 saturated heterocycles. The first-order valence-corrected chi connectivity index (χ1v) is 9.03. The molecule has 7 nitrogen and oxygen atoms in total. The van der Waals surface area contributed by atoms with Gasteiger partial charge in [-0.2, -0.15) is 0 Å². The lowest BCUT2D eigenvalue weighted by molar-refractivity contribution is 0.00875. The number of ether oxygens (including phenoxy) is 1. The summed E-state index contributed by atoms with van der Waals surface area (Å²) in [5.74, 6) is -0.902. The number of carbonyl (C=O) groups excluding carboxylic acids is 1. The van der Waals surface area contributed by atoms with Crippen LogP contribution in [-0.4, -0.2) is 77.9 Å². The molecule has 1 N–H and O–H groups in total. The zero-order valence-electron chi connectivity index (χ0n) is 15.6. The third kappa shape index (κ3) is 4.27. The molecular weight excluding hydrogens is 334 g/mol. The summed E-state index contributed by atoms with van der Waals surface area (Å²) < 4.78 is 5.43. The average Bonchev–Trinajstić information content (AvgIpc) is 2.53. The van der Waals surface area contributed by atoms with Crippen LogP contribution in [0.2, 0.25) is 0 Å². The second-order valence-corrected chi connectivity index (χ2v) is 7.91. The fourth-order valence-electron chi connectivity index (χ4n) is 3.31. The quantitative estimate of drug-likeness (QED) is 0.889. The monoisotopic (exact) mass is 361 g/mol. The Balaban J connectivity index is 1.44. The number of hydrogen-bond donors (Lipinski definition) is 1. The van der Waals surface area contributed by atoms with Crippen molar-refractivity contribution in [3.63, 3.8) is 0 Å². The Kier molecular flexibility index (Phi) is 5.09. The molecule has 2 aliphatic rings. The van der Waals surface area contributed by atoms with E-state index in [9.17, 15) is 9.59 Å². The molecule has 2 aliphatic heterocycles. The SMILES string of the molecule is CC(C)(C)OC(=O)N1CCN(C2CN(c3ccc(C(=O)O)cc3)C2)CC1. The molecule has 26 heavy (non-hydrogen) atoms. The maximum atomic E-state index is 12.1. The number of rotatable bonds is 3. The molecule has 0 aliphatic carbocycles. The van der Waals surface area contributed by atoms with Gasteiger partial charge in [-0.3, -0.25) is 4.90 Å². The lowest BCUT2D eigenvalue weighted by Crippen LogP contribution is -2.63. The van der Waals surface area contributed by atoms with E-state index in [1.54, 1.807) is 17.0 Å². The molecule has 3 rings (SSSR count). The highest BCUT2D eigenvalue weighted by Gasteiger charge is 2.35. The highest BCUT2D eigenvalue weighted by atomic mass is 16.6. The number of piperazine rings is 1. The van der Waals surface area contributed by atoms with Crippen LogP contribution in [0.4, 0.5) is 10.5 Å². The average molecular weight is 361 g/mol. The van der Waals surface area contributed by atoms with Gasteiger partial charge in [-0.25, -0.2) is 9.59 Å². The van der Waals surface area contributed by atoms with Crippen LogP contribution >= 0.6 is 0 Å². The summed E-state index contributed by atoms with van der Waals surface area (Å²) in [4.78, 5) is 29.5. The van der Waals surface area contributed by atoms with Crippen LogP contribution in [0, 0.1) is 0 Å². The standard InChI is InChI=1S/C19H27N3O4/c1-19(2,3)26-18(25)21-10-8-20(9-11-21)16-12-22(13-16)15-6-4-14(5-7-15)17(23)24/h4-7,16H,8-13H2,1-3H3,(H,23,24). The first kappa shape index (κ1) is 18.5. The fourth-order valence-corrected chi connectivity index (χ4v) is 3.31. The Bertz CT molecular complexity index is 654. The minimum atomic E-state index is -0.902. The second-order valence-electron chi connectivity index (χ2n) is 7.91. The molecule has 0 atom stereocenters. The molecule has 1 aromatic rings. The second kappa shape index (κ2) is 7.15. The van der Waals surface area contributed by atoms with E-state index in [1.165, 1.54) is 0 Å². The molecule has 0 aromatic heterocycles. The highest BCUT2D eigenvalue weighted by molar-refractivity contribution is 5.88. The molecule has 0 radical (unpaired) electrons. The van der Waals surface area contributed by atoms with Gasteiger partial charge in [0.15, 0.2) is 0 Å². The number of aromatic carboxylic acids is 1. The van der Waals surface area contributed by atoms with E-state index in [-0.39, 0.29) is 6.09 Å². The van der Waals surface area contributed by atoms with Gasteiger partial charge in [0.25, 0.3) is 0 Å². The van der Waals surface area contributed by atoms with Crippen molar-refractivity contribution in [3.8, 4) is 0 Å². The zero-order chi connectivity index (χ0) is 18.9. The predicted molar refractivity (Wildman–Crippen MR) is 98.8 cm³/mol. The lowest BCUT2D eigenvalue weighted by atomic mass is 10.0. The van der Waals surface area contributed by atoms with E-state index in [0.717, 1.165) is 31.9 Å². The Hall–Kier alpha value is -2.28. The molecule has 0 spiro atoms. The van der Waals surface area contributed by atoms with Crippen molar-refractivity contribution in [1.82, 2.24) is 9.80 Å². The van der Waals surface area contributed by atoms with Crippen molar-refractivity contribution < 1.29 is 19.4 Å². The van der Waals surface area contributed by atoms with Gasteiger partial charge in [-0.05, 0) is 45.0 Å². The Morgan fingerprint density at radius 2 is 1.62 bits per heavy atom. The van der Waals surface area contributed by atoms with Crippen molar-refractivity contribution in [1.29, 1.82) is 0 Å². The van der Waals surface area contributed by atoms with Crippen molar-refractivity contribution in [2.45, 2.75) is 32.4 Å². The number of nitrogens with zero attached hydrogens (tertiary/aromatic N) is 3. The zero-order valence-corrected chi connectivity index (χ0v) is 15.6. The van der Waals surface area contributed by atoms with E-state index >= 15 is 0 Å². The number of carbonyl (C=O) groups is 2. The van der Waals surface area contributed by atoms with Gasteiger partial charge in [0.2, 0.25) is 0 Å². The van der Waals surface area contributed by atoms with E-state index in [2.05, 4.69) is 9.80 Å². The van der Waals surface area contributed by atoms with Gasteiger partial charge < -0.3 is 19.6 Å². The van der Waals surface area contributed by atoms with Crippen LogP contribution < -0.4 is 4.90 Å². The summed E-state index contributed by atoms with van der Waals surface area (Å²) in [6, 6.07) is 7.49. The van der Waals surface area contributed by atoms with Crippen molar-refractivity contribution >= 4 is 17.7 Å². The summed E-state index contributed by atoms with van der Waals surface area (Å²) >= 11 is 0. The fraction of sp³-hybridized carbons (Fsp3) is 0.579. The molecule has 0 bridgehead atoms. The minimum absolute atomic E-state index is 0.231. The molecule has 142 valence electrons. The van der Waals surface area contributed by atoms with Gasteiger partial charge in [-0.15, -0.1) is 0 Å². The molecule has 2 heterocycles. The Morgan fingerprint density at radius 1 is 1.04 bits per heavy atom. The number of benzene rings is 1. The van der Waals surface area contributed by atoms with Gasteiger partial charge in [0.1, 0.15) is 5.60 Å². The normalized spacial score (nSPS) is 19.2. The summed E-state index contributed by atoms with van der Waals surface area (Å²) in [5.41, 5.74) is 0.904. The predicted octanol–water partition coefficient (Wildman–Crippen LogP) is 2.13. The number of carboxylic acids is 1. The minimum Gasteiger partial charge on any atom is -0.478 e. The largest absolute Gasteiger partial charge is 0.478 e.